The van der Waals surface area contributed by atoms with Crippen LogP contribution in [-0.2, 0) is 5.41 Å². The van der Waals surface area contributed by atoms with Crippen LogP contribution in [-0.4, -0.2) is 23.3 Å². The Kier molecular flexibility index (Phi) is 4.68. The van der Waals surface area contributed by atoms with E-state index < -0.39 is 0 Å². The fraction of sp³-hybridized carbons (Fsp3) is 0.471. The van der Waals surface area contributed by atoms with Crippen molar-refractivity contribution in [3.8, 4) is 5.75 Å². The summed E-state index contributed by atoms with van der Waals surface area (Å²) in [6, 6.07) is 10.2. The minimum Gasteiger partial charge on any atom is -0.494 e. The molecule has 2 aromatic rings. The molecule has 1 aromatic carbocycles. The first-order chi connectivity index (χ1) is 9.97. The number of ether oxygens (including phenoxy) is 1. The molecule has 4 nitrogen and oxygen atoms in total. The monoisotopic (exact) mass is 287 g/mol. The minimum atomic E-state index is 0.0212. The van der Waals surface area contributed by atoms with Gasteiger partial charge in [0.25, 0.3) is 0 Å². The van der Waals surface area contributed by atoms with E-state index >= 15 is 0 Å². The highest BCUT2D eigenvalue weighted by Gasteiger charge is 2.23. The summed E-state index contributed by atoms with van der Waals surface area (Å²) in [5.41, 5.74) is 9.22. The third kappa shape index (κ3) is 3.45. The SMILES string of the molecule is CCOc1ccccc1C(CN)c1cc(C(C)(C)C)n[nH]1. The van der Waals surface area contributed by atoms with Gasteiger partial charge in [0.1, 0.15) is 5.75 Å². The van der Waals surface area contributed by atoms with Crippen molar-refractivity contribution in [1.29, 1.82) is 0 Å². The number of H-pyrrole nitrogens is 1. The van der Waals surface area contributed by atoms with Crippen molar-refractivity contribution in [3.05, 3.63) is 47.3 Å². The number of nitrogens with zero attached hydrogens (tertiary/aromatic N) is 1. The average Bonchev–Trinajstić information content (AvgIpc) is 2.91. The molecule has 0 bridgehead atoms. The molecule has 1 atom stereocenters. The van der Waals surface area contributed by atoms with Crippen LogP contribution in [0.2, 0.25) is 0 Å². The fourth-order valence-electron chi connectivity index (χ4n) is 2.38. The van der Waals surface area contributed by atoms with Crippen LogP contribution >= 0.6 is 0 Å². The third-order valence-electron chi connectivity index (χ3n) is 3.57. The van der Waals surface area contributed by atoms with Crippen LogP contribution in [0.3, 0.4) is 0 Å². The number of hydrogen-bond acceptors (Lipinski definition) is 3. The Morgan fingerprint density at radius 2 is 2.00 bits per heavy atom. The second-order valence-corrected chi connectivity index (χ2v) is 6.22. The summed E-state index contributed by atoms with van der Waals surface area (Å²) < 4.78 is 5.73. The average molecular weight is 287 g/mol. The Morgan fingerprint density at radius 1 is 1.29 bits per heavy atom. The minimum absolute atomic E-state index is 0.0212. The zero-order valence-corrected chi connectivity index (χ0v) is 13.3. The molecule has 1 aromatic heterocycles. The molecule has 0 aliphatic carbocycles. The highest BCUT2D eigenvalue weighted by Crippen LogP contribution is 2.32. The lowest BCUT2D eigenvalue weighted by molar-refractivity contribution is 0.335. The summed E-state index contributed by atoms with van der Waals surface area (Å²) in [5.74, 6) is 0.957. The van der Waals surface area contributed by atoms with E-state index in [2.05, 4.69) is 43.1 Å². The number of nitrogens with one attached hydrogen (secondary N) is 1. The molecule has 0 saturated heterocycles. The molecule has 0 amide bonds. The number of aromatic nitrogens is 2. The largest absolute Gasteiger partial charge is 0.494 e. The van der Waals surface area contributed by atoms with Crippen molar-refractivity contribution in [3.63, 3.8) is 0 Å². The van der Waals surface area contributed by atoms with E-state index in [1.807, 2.05) is 25.1 Å². The van der Waals surface area contributed by atoms with E-state index in [0.29, 0.717) is 13.2 Å². The van der Waals surface area contributed by atoms with E-state index in [1.54, 1.807) is 0 Å². The molecule has 2 rings (SSSR count). The quantitative estimate of drug-likeness (QED) is 0.887. The number of para-hydroxylation sites is 1. The number of nitrogens with two attached hydrogens (primary N) is 1. The maximum absolute atomic E-state index is 6.02. The molecule has 0 saturated carbocycles. The van der Waals surface area contributed by atoms with Gasteiger partial charge in [0.05, 0.1) is 12.3 Å². The molecular weight excluding hydrogens is 262 g/mol. The first kappa shape index (κ1) is 15.6. The van der Waals surface area contributed by atoms with Crippen LogP contribution in [0, 0.1) is 0 Å². The maximum atomic E-state index is 6.02. The number of benzene rings is 1. The van der Waals surface area contributed by atoms with Crippen molar-refractivity contribution >= 4 is 0 Å². The predicted molar refractivity (Wildman–Crippen MR) is 85.8 cm³/mol. The molecule has 0 aliphatic heterocycles. The van der Waals surface area contributed by atoms with Gasteiger partial charge in [-0.05, 0) is 19.1 Å². The molecule has 0 aliphatic rings. The van der Waals surface area contributed by atoms with Crippen LogP contribution < -0.4 is 10.5 Å². The first-order valence-electron chi connectivity index (χ1n) is 7.45. The van der Waals surface area contributed by atoms with Crippen molar-refractivity contribution in [2.45, 2.75) is 39.0 Å². The van der Waals surface area contributed by atoms with Crippen LogP contribution in [0.1, 0.15) is 50.6 Å². The number of hydrogen-bond donors (Lipinski definition) is 2. The van der Waals surface area contributed by atoms with Gasteiger partial charge in [0.15, 0.2) is 0 Å². The molecule has 1 unspecified atom stereocenters. The van der Waals surface area contributed by atoms with Crippen molar-refractivity contribution in [1.82, 2.24) is 10.2 Å². The van der Waals surface area contributed by atoms with E-state index in [0.717, 1.165) is 22.7 Å². The normalized spacial score (nSPS) is 13.2. The van der Waals surface area contributed by atoms with Crippen LogP contribution in [0.25, 0.3) is 0 Å². The molecule has 0 fully saturated rings. The van der Waals surface area contributed by atoms with Gasteiger partial charge in [0.2, 0.25) is 0 Å². The van der Waals surface area contributed by atoms with Crippen LogP contribution in [0.4, 0.5) is 0 Å². The standard InChI is InChI=1S/C17H25N3O/c1-5-21-15-9-7-6-8-12(15)13(11-18)14-10-16(20-19-14)17(2,3)4/h6-10,13H,5,11,18H2,1-4H3,(H,19,20). The van der Waals surface area contributed by atoms with Gasteiger partial charge in [-0.15, -0.1) is 0 Å². The predicted octanol–water partition coefficient (Wildman–Crippen LogP) is 3.20. The topological polar surface area (TPSA) is 63.9 Å². The summed E-state index contributed by atoms with van der Waals surface area (Å²) in [4.78, 5) is 0. The Bertz CT molecular complexity index is 584. The lowest BCUT2D eigenvalue weighted by Crippen LogP contribution is -2.15. The molecular formula is C17H25N3O. The van der Waals surface area contributed by atoms with Crippen molar-refractivity contribution < 1.29 is 4.74 Å². The Morgan fingerprint density at radius 3 is 2.57 bits per heavy atom. The van der Waals surface area contributed by atoms with Crippen LogP contribution in [0.15, 0.2) is 30.3 Å². The van der Waals surface area contributed by atoms with E-state index in [9.17, 15) is 0 Å². The van der Waals surface area contributed by atoms with E-state index in [-0.39, 0.29) is 11.3 Å². The summed E-state index contributed by atoms with van der Waals surface area (Å²) in [5, 5.41) is 7.58. The Balaban J connectivity index is 2.38. The van der Waals surface area contributed by atoms with Crippen molar-refractivity contribution in [2.75, 3.05) is 13.2 Å². The highest BCUT2D eigenvalue weighted by molar-refractivity contribution is 5.41. The van der Waals surface area contributed by atoms with E-state index in [4.69, 9.17) is 10.5 Å². The van der Waals surface area contributed by atoms with Gasteiger partial charge < -0.3 is 10.5 Å². The summed E-state index contributed by atoms with van der Waals surface area (Å²) in [7, 11) is 0. The third-order valence-corrected chi connectivity index (χ3v) is 3.57. The molecule has 1 heterocycles. The van der Waals surface area contributed by atoms with Gasteiger partial charge in [0, 0.05) is 29.1 Å². The molecule has 4 heteroatoms. The zero-order chi connectivity index (χ0) is 15.5. The lowest BCUT2D eigenvalue weighted by Gasteiger charge is -2.18. The van der Waals surface area contributed by atoms with Gasteiger partial charge >= 0.3 is 0 Å². The van der Waals surface area contributed by atoms with Gasteiger partial charge in [-0.2, -0.15) is 5.10 Å². The lowest BCUT2D eigenvalue weighted by atomic mass is 9.89. The second-order valence-electron chi connectivity index (χ2n) is 6.22. The van der Waals surface area contributed by atoms with Gasteiger partial charge in [-0.3, -0.25) is 5.10 Å². The summed E-state index contributed by atoms with van der Waals surface area (Å²) in [6.45, 7) is 9.60. The Labute approximate surface area is 126 Å². The van der Waals surface area contributed by atoms with Gasteiger partial charge in [-0.1, -0.05) is 39.0 Å². The molecule has 114 valence electrons. The number of aromatic amines is 1. The molecule has 21 heavy (non-hydrogen) atoms. The molecule has 3 N–H and O–H groups in total. The highest BCUT2D eigenvalue weighted by atomic mass is 16.5. The number of rotatable bonds is 5. The van der Waals surface area contributed by atoms with Crippen molar-refractivity contribution in [2.24, 2.45) is 5.73 Å². The summed E-state index contributed by atoms with van der Waals surface area (Å²) in [6.07, 6.45) is 0. The van der Waals surface area contributed by atoms with E-state index in [1.165, 1.54) is 0 Å². The van der Waals surface area contributed by atoms with Crippen LogP contribution in [0.5, 0.6) is 5.75 Å². The van der Waals surface area contributed by atoms with Gasteiger partial charge in [-0.25, -0.2) is 0 Å². The molecule has 0 radical (unpaired) electrons. The zero-order valence-electron chi connectivity index (χ0n) is 13.3. The second kappa shape index (κ2) is 6.31. The summed E-state index contributed by atoms with van der Waals surface area (Å²) >= 11 is 0. The fourth-order valence-corrected chi connectivity index (χ4v) is 2.38. The molecule has 0 spiro atoms. The smallest absolute Gasteiger partial charge is 0.123 e. The maximum Gasteiger partial charge on any atom is 0.123 e. The first-order valence-corrected chi connectivity index (χ1v) is 7.45. The Hall–Kier alpha value is -1.81.